The molecule has 0 saturated carbocycles. The van der Waals surface area contributed by atoms with Crippen LogP contribution >= 0.6 is 22.6 Å². The highest BCUT2D eigenvalue weighted by Gasteiger charge is 2.17. The van der Waals surface area contributed by atoms with Crippen LogP contribution in [0.4, 0.5) is 5.69 Å². The lowest BCUT2D eigenvalue weighted by Gasteiger charge is -2.10. The molecule has 21 heavy (non-hydrogen) atoms. The number of ether oxygens (including phenoxy) is 1. The zero-order valence-corrected chi connectivity index (χ0v) is 13.2. The number of phenols is 1. The second-order valence-electron chi connectivity index (χ2n) is 4.13. The van der Waals surface area contributed by atoms with Gasteiger partial charge in [0.1, 0.15) is 5.56 Å². The third-order valence-electron chi connectivity index (χ3n) is 2.81. The first-order valence-corrected chi connectivity index (χ1v) is 7.08. The van der Waals surface area contributed by atoms with Crippen molar-refractivity contribution >= 4 is 40.2 Å². The summed E-state index contributed by atoms with van der Waals surface area (Å²) in [5.41, 5.74) is 0.640. The Kier molecular flexibility index (Phi) is 4.79. The summed E-state index contributed by atoms with van der Waals surface area (Å²) in [5, 5.41) is 12.6. The number of amides is 1. The third kappa shape index (κ3) is 3.33. The summed E-state index contributed by atoms with van der Waals surface area (Å²) in [4.78, 5) is 23.7. The molecule has 0 radical (unpaired) electrons. The molecule has 0 fully saturated rings. The van der Waals surface area contributed by atoms with Crippen molar-refractivity contribution in [2.24, 2.45) is 0 Å². The Hall–Kier alpha value is -2.09. The molecule has 2 aromatic rings. The van der Waals surface area contributed by atoms with E-state index in [0.29, 0.717) is 5.56 Å². The van der Waals surface area contributed by atoms with E-state index in [0.717, 1.165) is 3.57 Å². The van der Waals surface area contributed by atoms with Crippen molar-refractivity contribution < 1.29 is 19.4 Å². The normalized spacial score (nSPS) is 10.0. The van der Waals surface area contributed by atoms with Gasteiger partial charge >= 0.3 is 5.97 Å². The molecular formula is C15H12INO4. The van der Waals surface area contributed by atoms with Crippen LogP contribution < -0.4 is 5.32 Å². The minimum Gasteiger partial charge on any atom is -0.505 e. The maximum atomic E-state index is 12.2. The number of methoxy groups -OCH3 is 1. The predicted molar refractivity (Wildman–Crippen MR) is 86.6 cm³/mol. The highest BCUT2D eigenvalue weighted by atomic mass is 127. The van der Waals surface area contributed by atoms with Gasteiger partial charge in [-0.1, -0.05) is 18.2 Å². The van der Waals surface area contributed by atoms with Crippen LogP contribution in [0.15, 0.2) is 42.5 Å². The van der Waals surface area contributed by atoms with Gasteiger partial charge in [-0.25, -0.2) is 4.79 Å². The molecule has 6 heteroatoms. The lowest BCUT2D eigenvalue weighted by Crippen LogP contribution is -2.14. The van der Waals surface area contributed by atoms with Gasteiger partial charge in [0.25, 0.3) is 5.91 Å². The van der Waals surface area contributed by atoms with Crippen LogP contribution in [0.2, 0.25) is 0 Å². The lowest BCUT2D eigenvalue weighted by atomic mass is 10.1. The Morgan fingerprint density at radius 1 is 1.10 bits per heavy atom. The number of rotatable bonds is 3. The maximum absolute atomic E-state index is 12.2. The molecule has 2 aromatic carbocycles. The SMILES string of the molecule is COC(=O)c1cccc(NC(=O)c2ccccc2I)c1O. The highest BCUT2D eigenvalue weighted by Crippen LogP contribution is 2.28. The molecule has 0 spiro atoms. The minimum absolute atomic E-state index is 0.00180. The van der Waals surface area contributed by atoms with Crippen molar-refractivity contribution in [3.63, 3.8) is 0 Å². The number of halogens is 1. The van der Waals surface area contributed by atoms with Gasteiger partial charge in [-0.2, -0.15) is 0 Å². The van der Waals surface area contributed by atoms with Gasteiger partial charge in [-0.15, -0.1) is 0 Å². The molecule has 0 heterocycles. The van der Waals surface area contributed by atoms with Crippen molar-refractivity contribution in [3.05, 3.63) is 57.2 Å². The fraction of sp³-hybridized carbons (Fsp3) is 0.0667. The summed E-state index contributed by atoms with van der Waals surface area (Å²) in [6.45, 7) is 0. The summed E-state index contributed by atoms with van der Waals surface area (Å²) in [6, 6.07) is 11.5. The maximum Gasteiger partial charge on any atom is 0.341 e. The van der Waals surface area contributed by atoms with Crippen molar-refractivity contribution in [1.29, 1.82) is 0 Å². The van der Waals surface area contributed by atoms with E-state index in [-0.39, 0.29) is 22.9 Å². The van der Waals surface area contributed by atoms with E-state index in [4.69, 9.17) is 0 Å². The number of phenolic OH excluding ortho intramolecular Hbond substituents is 1. The van der Waals surface area contributed by atoms with E-state index in [9.17, 15) is 14.7 Å². The molecule has 0 atom stereocenters. The zero-order valence-electron chi connectivity index (χ0n) is 11.1. The molecule has 0 saturated heterocycles. The van der Waals surface area contributed by atoms with Crippen LogP contribution in [0, 0.1) is 3.57 Å². The van der Waals surface area contributed by atoms with Crippen molar-refractivity contribution in [1.82, 2.24) is 0 Å². The van der Waals surface area contributed by atoms with E-state index in [1.807, 2.05) is 6.07 Å². The number of benzene rings is 2. The van der Waals surface area contributed by atoms with E-state index in [1.54, 1.807) is 24.3 Å². The summed E-state index contributed by atoms with van der Waals surface area (Å²) >= 11 is 2.05. The fourth-order valence-electron chi connectivity index (χ4n) is 1.75. The Morgan fingerprint density at radius 3 is 2.43 bits per heavy atom. The van der Waals surface area contributed by atoms with Crippen LogP contribution in [0.3, 0.4) is 0 Å². The number of carbonyl (C=O) groups is 2. The van der Waals surface area contributed by atoms with Gasteiger partial charge in [0, 0.05) is 3.57 Å². The first kappa shape index (κ1) is 15.3. The van der Waals surface area contributed by atoms with E-state index >= 15 is 0 Å². The molecule has 0 aliphatic rings. The lowest BCUT2D eigenvalue weighted by molar-refractivity contribution is 0.0597. The average molecular weight is 397 g/mol. The van der Waals surface area contributed by atoms with E-state index in [2.05, 4.69) is 32.6 Å². The largest absolute Gasteiger partial charge is 0.505 e. The quantitative estimate of drug-likeness (QED) is 0.475. The molecule has 0 bridgehead atoms. The number of aromatic hydroxyl groups is 1. The van der Waals surface area contributed by atoms with Gasteiger partial charge < -0.3 is 15.2 Å². The number of esters is 1. The number of hydrogen-bond acceptors (Lipinski definition) is 4. The van der Waals surface area contributed by atoms with E-state index < -0.39 is 5.97 Å². The third-order valence-corrected chi connectivity index (χ3v) is 3.75. The topological polar surface area (TPSA) is 75.6 Å². The number of hydrogen-bond donors (Lipinski definition) is 2. The molecule has 2 rings (SSSR count). The zero-order chi connectivity index (χ0) is 15.4. The van der Waals surface area contributed by atoms with Crippen molar-refractivity contribution in [2.75, 3.05) is 12.4 Å². The van der Waals surface area contributed by atoms with Crippen molar-refractivity contribution in [3.8, 4) is 5.75 Å². The number of anilines is 1. The number of carbonyl (C=O) groups excluding carboxylic acids is 2. The first-order chi connectivity index (χ1) is 10.0. The van der Waals surface area contributed by atoms with Crippen LogP contribution in [0.25, 0.3) is 0 Å². The predicted octanol–water partition coefficient (Wildman–Crippen LogP) is 3.04. The van der Waals surface area contributed by atoms with Gasteiger partial charge in [0.05, 0.1) is 18.4 Å². The Morgan fingerprint density at radius 2 is 1.76 bits per heavy atom. The second-order valence-corrected chi connectivity index (χ2v) is 5.29. The fourth-order valence-corrected chi connectivity index (χ4v) is 2.39. The Labute approximate surface area is 135 Å². The monoisotopic (exact) mass is 397 g/mol. The molecule has 2 N–H and O–H groups in total. The van der Waals surface area contributed by atoms with Crippen LogP contribution in [0.5, 0.6) is 5.75 Å². The Bertz CT molecular complexity index is 700. The molecule has 0 aliphatic heterocycles. The molecule has 0 aliphatic carbocycles. The molecule has 0 aromatic heterocycles. The van der Waals surface area contributed by atoms with Gasteiger partial charge in [0.15, 0.2) is 5.75 Å². The minimum atomic E-state index is -0.669. The molecular weight excluding hydrogens is 385 g/mol. The van der Waals surface area contributed by atoms with Crippen LogP contribution in [0.1, 0.15) is 20.7 Å². The number of nitrogens with one attached hydrogen (secondary N) is 1. The highest BCUT2D eigenvalue weighted by molar-refractivity contribution is 14.1. The molecule has 5 nitrogen and oxygen atoms in total. The number of para-hydroxylation sites is 1. The second kappa shape index (κ2) is 6.57. The average Bonchev–Trinajstić information content (AvgIpc) is 2.49. The molecule has 1 amide bonds. The van der Waals surface area contributed by atoms with Crippen LogP contribution in [-0.4, -0.2) is 24.1 Å². The van der Waals surface area contributed by atoms with Gasteiger partial charge in [-0.3, -0.25) is 4.79 Å². The standard InChI is InChI=1S/C15H12INO4/c1-21-15(20)10-6-4-8-12(13(10)18)17-14(19)9-5-2-3-7-11(9)16/h2-8,18H,1H3,(H,17,19). The van der Waals surface area contributed by atoms with E-state index in [1.165, 1.54) is 19.2 Å². The summed E-state index contributed by atoms with van der Waals surface area (Å²) in [5.74, 6) is -1.35. The Balaban J connectivity index is 2.30. The summed E-state index contributed by atoms with van der Waals surface area (Å²) in [7, 11) is 1.22. The smallest absolute Gasteiger partial charge is 0.341 e. The molecule has 108 valence electrons. The summed E-state index contributed by atoms with van der Waals surface area (Å²) < 4.78 is 5.36. The van der Waals surface area contributed by atoms with Crippen molar-refractivity contribution in [2.45, 2.75) is 0 Å². The summed E-state index contributed by atoms with van der Waals surface area (Å²) in [6.07, 6.45) is 0. The van der Waals surface area contributed by atoms with Crippen LogP contribution in [-0.2, 0) is 4.74 Å². The van der Waals surface area contributed by atoms with Gasteiger partial charge in [-0.05, 0) is 46.9 Å². The van der Waals surface area contributed by atoms with Gasteiger partial charge in [0.2, 0.25) is 0 Å². The first-order valence-electron chi connectivity index (χ1n) is 6.00. The molecule has 0 unspecified atom stereocenters.